The molecule has 1 spiro atoms. The van der Waals surface area contributed by atoms with Gasteiger partial charge in [-0.3, -0.25) is 0 Å². The van der Waals surface area contributed by atoms with Crippen LogP contribution in [0.25, 0.3) is 11.1 Å². The maximum Gasteiger partial charge on any atom is 0.164 e. The van der Waals surface area contributed by atoms with E-state index in [1.165, 1.54) is 12.1 Å². The highest BCUT2D eigenvalue weighted by Crippen LogP contribution is 2.61. The van der Waals surface area contributed by atoms with Gasteiger partial charge in [-0.1, -0.05) is 48.5 Å². The second-order valence-corrected chi connectivity index (χ2v) is 5.83. The van der Waals surface area contributed by atoms with Gasteiger partial charge in [-0.15, -0.1) is 5.11 Å². The van der Waals surface area contributed by atoms with Crippen LogP contribution in [-0.4, -0.2) is 10.2 Å². The number of phenols is 2. The fourth-order valence-electron chi connectivity index (χ4n) is 3.79. The van der Waals surface area contributed by atoms with Crippen molar-refractivity contribution in [3.05, 3.63) is 77.4 Å². The monoisotopic (exact) mass is 300 g/mol. The molecule has 4 nitrogen and oxygen atoms in total. The Bertz CT molecular complexity index is 963. The molecule has 3 aromatic rings. The zero-order valence-electron chi connectivity index (χ0n) is 12.1. The van der Waals surface area contributed by atoms with Gasteiger partial charge < -0.3 is 10.2 Å². The van der Waals surface area contributed by atoms with Gasteiger partial charge in [0.15, 0.2) is 5.54 Å². The zero-order chi connectivity index (χ0) is 15.6. The highest BCUT2D eigenvalue weighted by Gasteiger charge is 2.51. The molecule has 4 heteroatoms. The Labute approximate surface area is 132 Å². The Morgan fingerprint density at radius 2 is 1.26 bits per heavy atom. The average molecular weight is 300 g/mol. The minimum atomic E-state index is -0.884. The van der Waals surface area contributed by atoms with Crippen molar-refractivity contribution in [2.24, 2.45) is 10.2 Å². The molecule has 23 heavy (non-hydrogen) atoms. The molecular weight excluding hydrogens is 288 g/mol. The molecule has 0 radical (unpaired) electrons. The SMILES string of the molecule is Oc1ccc(O)c2c1N=NC21c2ccccc2-c2ccccc21. The number of aromatic hydroxyl groups is 2. The third-order valence-corrected chi connectivity index (χ3v) is 4.72. The topological polar surface area (TPSA) is 65.2 Å². The summed E-state index contributed by atoms with van der Waals surface area (Å²) >= 11 is 0. The standard InChI is InChI=1S/C19H12N2O2/c22-15-9-10-16(23)18-17(15)19(21-20-18)13-7-3-1-5-11(13)12-6-2-4-8-14(12)19/h1-10,22-23H. The molecule has 0 bridgehead atoms. The van der Waals surface area contributed by atoms with E-state index in [-0.39, 0.29) is 11.5 Å². The Hall–Kier alpha value is -3.14. The first-order valence-electron chi connectivity index (χ1n) is 7.41. The number of phenolic OH excluding ortho intramolecular Hbond substituents is 2. The molecule has 3 aromatic carbocycles. The van der Waals surface area contributed by atoms with Gasteiger partial charge in [-0.25, -0.2) is 0 Å². The molecule has 0 fully saturated rings. The predicted molar refractivity (Wildman–Crippen MR) is 86.0 cm³/mol. The maximum atomic E-state index is 10.5. The quantitative estimate of drug-likeness (QED) is 0.602. The average Bonchev–Trinajstić information content (AvgIpc) is 3.12. The van der Waals surface area contributed by atoms with Crippen molar-refractivity contribution in [3.63, 3.8) is 0 Å². The Morgan fingerprint density at radius 3 is 1.91 bits per heavy atom. The van der Waals surface area contributed by atoms with Crippen LogP contribution >= 0.6 is 0 Å². The van der Waals surface area contributed by atoms with Crippen molar-refractivity contribution in [2.45, 2.75) is 5.54 Å². The lowest BCUT2D eigenvalue weighted by Gasteiger charge is -2.24. The van der Waals surface area contributed by atoms with E-state index in [9.17, 15) is 10.2 Å². The van der Waals surface area contributed by atoms with E-state index in [1.54, 1.807) is 0 Å². The van der Waals surface area contributed by atoms with Crippen LogP contribution in [0.15, 0.2) is 70.9 Å². The number of hydrogen-bond acceptors (Lipinski definition) is 4. The van der Waals surface area contributed by atoms with E-state index in [0.717, 1.165) is 22.3 Å². The summed E-state index contributed by atoms with van der Waals surface area (Å²) in [5.74, 6) is 0.120. The lowest BCUT2D eigenvalue weighted by molar-refractivity contribution is 0.450. The summed E-state index contributed by atoms with van der Waals surface area (Å²) in [5.41, 5.74) is 4.13. The van der Waals surface area contributed by atoms with Gasteiger partial charge in [0.1, 0.15) is 17.2 Å². The van der Waals surface area contributed by atoms with Crippen LogP contribution in [0.3, 0.4) is 0 Å². The highest BCUT2D eigenvalue weighted by molar-refractivity contribution is 5.86. The van der Waals surface area contributed by atoms with Crippen LogP contribution in [0.5, 0.6) is 11.5 Å². The van der Waals surface area contributed by atoms with Crippen LogP contribution in [0.1, 0.15) is 16.7 Å². The van der Waals surface area contributed by atoms with Gasteiger partial charge in [-0.2, -0.15) is 5.11 Å². The number of azo groups is 1. The first kappa shape index (κ1) is 12.4. The van der Waals surface area contributed by atoms with Gasteiger partial charge >= 0.3 is 0 Å². The summed E-state index contributed by atoms with van der Waals surface area (Å²) in [4.78, 5) is 0. The summed E-state index contributed by atoms with van der Waals surface area (Å²) in [6.45, 7) is 0. The molecule has 0 saturated heterocycles. The van der Waals surface area contributed by atoms with Crippen LogP contribution in [0, 0.1) is 0 Å². The largest absolute Gasteiger partial charge is 0.507 e. The number of hydrogen-bond donors (Lipinski definition) is 2. The molecule has 2 aliphatic rings. The molecule has 1 aliphatic heterocycles. The van der Waals surface area contributed by atoms with E-state index < -0.39 is 5.54 Å². The van der Waals surface area contributed by atoms with Crippen molar-refractivity contribution < 1.29 is 10.2 Å². The summed E-state index contributed by atoms with van der Waals surface area (Å²) in [6.07, 6.45) is 0. The molecule has 1 heterocycles. The molecule has 0 saturated carbocycles. The van der Waals surface area contributed by atoms with Crippen molar-refractivity contribution in [3.8, 4) is 22.6 Å². The molecular formula is C19H12N2O2. The minimum absolute atomic E-state index is 0.0280. The maximum absolute atomic E-state index is 10.5. The second kappa shape index (κ2) is 3.98. The molecule has 110 valence electrons. The van der Waals surface area contributed by atoms with E-state index in [0.29, 0.717) is 11.3 Å². The number of benzene rings is 3. The molecule has 0 amide bonds. The molecule has 0 aromatic heterocycles. The zero-order valence-corrected chi connectivity index (χ0v) is 12.1. The van der Waals surface area contributed by atoms with E-state index >= 15 is 0 Å². The number of nitrogens with zero attached hydrogens (tertiary/aromatic N) is 2. The summed E-state index contributed by atoms with van der Waals surface area (Å²) < 4.78 is 0. The fourth-order valence-corrected chi connectivity index (χ4v) is 3.79. The number of rotatable bonds is 0. The van der Waals surface area contributed by atoms with E-state index in [2.05, 4.69) is 22.4 Å². The van der Waals surface area contributed by atoms with Crippen LogP contribution < -0.4 is 0 Å². The van der Waals surface area contributed by atoms with Gasteiger partial charge in [-0.05, 0) is 34.4 Å². The van der Waals surface area contributed by atoms with Gasteiger partial charge in [0, 0.05) is 0 Å². The smallest absolute Gasteiger partial charge is 0.164 e. The van der Waals surface area contributed by atoms with Crippen molar-refractivity contribution >= 4 is 5.69 Å². The first-order valence-corrected chi connectivity index (χ1v) is 7.41. The Kier molecular flexibility index (Phi) is 2.15. The second-order valence-electron chi connectivity index (χ2n) is 5.83. The van der Waals surface area contributed by atoms with Crippen LogP contribution in [0.2, 0.25) is 0 Å². The third kappa shape index (κ3) is 1.31. The van der Waals surface area contributed by atoms with E-state index in [1.807, 2.05) is 36.4 Å². The van der Waals surface area contributed by atoms with E-state index in [4.69, 9.17) is 0 Å². The van der Waals surface area contributed by atoms with Crippen LogP contribution in [-0.2, 0) is 5.54 Å². The Balaban J connectivity index is 1.98. The van der Waals surface area contributed by atoms with Crippen molar-refractivity contribution in [1.29, 1.82) is 0 Å². The summed E-state index contributed by atoms with van der Waals surface area (Å²) in [6, 6.07) is 19.0. The van der Waals surface area contributed by atoms with Crippen molar-refractivity contribution in [1.82, 2.24) is 0 Å². The lowest BCUT2D eigenvalue weighted by Crippen LogP contribution is -2.21. The molecule has 0 unspecified atom stereocenters. The number of fused-ring (bicyclic) bond motifs is 7. The molecule has 1 aliphatic carbocycles. The summed E-state index contributed by atoms with van der Waals surface area (Å²) in [5, 5.41) is 29.4. The fraction of sp³-hybridized carbons (Fsp3) is 0.0526. The minimum Gasteiger partial charge on any atom is -0.507 e. The van der Waals surface area contributed by atoms with Gasteiger partial charge in [0.05, 0.1) is 5.56 Å². The Morgan fingerprint density at radius 1 is 0.696 bits per heavy atom. The van der Waals surface area contributed by atoms with Gasteiger partial charge in [0.2, 0.25) is 0 Å². The van der Waals surface area contributed by atoms with Gasteiger partial charge in [0.25, 0.3) is 0 Å². The highest BCUT2D eigenvalue weighted by atomic mass is 16.3. The predicted octanol–water partition coefficient (Wildman–Crippen LogP) is 4.47. The third-order valence-electron chi connectivity index (χ3n) is 4.72. The molecule has 2 N–H and O–H groups in total. The lowest BCUT2D eigenvalue weighted by atomic mass is 9.81. The normalized spacial score (nSPS) is 15.5. The summed E-state index contributed by atoms with van der Waals surface area (Å²) in [7, 11) is 0. The van der Waals surface area contributed by atoms with Crippen molar-refractivity contribution in [2.75, 3.05) is 0 Å². The molecule has 0 atom stereocenters. The first-order chi connectivity index (χ1) is 11.2. The van der Waals surface area contributed by atoms with Crippen LogP contribution in [0.4, 0.5) is 5.69 Å². The molecule has 5 rings (SSSR count).